The lowest BCUT2D eigenvalue weighted by molar-refractivity contribution is -0.131. The van der Waals surface area contributed by atoms with Crippen molar-refractivity contribution < 1.29 is 9.53 Å². The second kappa shape index (κ2) is 11.5. The van der Waals surface area contributed by atoms with Crippen LogP contribution in [0.15, 0.2) is 36.9 Å². The first kappa shape index (κ1) is 20.4. The highest BCUT2D eigenvalue weighted by molar-refractivity contribution is 5.76. The van der Waals surface area contributed by atoms with Crippen LogP contribution in [0.5, 0.6) is 5.75 Å². The van der Waals surface area contributed by atoms with Crippen LogP contribution in [0.1, 0.15) is 56.9 Å². The zero-order chi connectivity index (χ0) is 19.4. The van der Waals surface area contributed by atoms with Crippen molar-refractivity contribution in [2.24, 2.45) is 0 Å². The monoisotopic (exact) mass is 384 g/mol. The van der Waals surface area contributed by atoms with Crippen molar-refractivity contribution in [3.8, 4) is 5.75 Å². The predicted octanol–water partition coefficient (Wildman–Crippen LogP) is 3.86. The van der Waals surface area contributed by atoms with Crippen molar-refractivity contribution in [3.63, 3.8) is 0 Å². The van der Waals surface area contributed by atoms with E-state index in [9.17, 15) is 4.79 Å². The Labute approximate surface area is 167 Å². The van der Waals surface area contributed by atoms with E-state index in [2.05, 4.69) is 28.3 Å². The van der Waals surface area contributed by atoms with Gasteiger partial charge in [-0.05, 0) is 43.7 Å². The van der Waals surface area contributed by atoms with Crippen LogP contribution in [-0.2, 0) is 17.8 Å². The number of aryl methyl sites for hydroxylation is 2. The molecule has 152 valence electrons. The minimum absolute atomic E-state index is 0.243. The zero-order valence-corrected chi connectivity index (χ0v) is 16.8. The molecular formula is C22H32N4O2. The first-order valence-electron chi connectivity index (χ1n) is 10.6. The molecule has 0 spiro atoms. The Morgan fingerprint density at radius 2 is 1.86 bits per heavy atom. The van der Waals surface area contributed by atoms with Crippen LogP contribution in [0.3, 0.4) is 0 Å². The van der Waals surface area contributed by atoms with Crippen LogP contribution in [-0.4, -0.2) is 45.3 Å². The molecule has 2 aromatic rings. The van der Waals surface area contributed by atoms with Gasteiger partial charge in [-0.15, -0.1) is 0 Å². The van der Waals surface area contributed by atoms with Gasteiger partial charge in [-0.2, -0.15) is 5.10 Å². The van der Waals surface area contributed by atoms with E-state index in [1.807, 2.05) is 11.0 Å². The molecule has 0 bridgehead atoms. The molecule has 1 amide bonds. The van der Waals surface area contributed by atoms with Crippen LogP contribution >= 0.6 is 0 Å². The maximum Gasteiger partial charge on any atom is 0.222 e. The molecule has 1 aliphatic rings. The zero-order valence-electron chi connectivity index (χ0n) is 16.8. The van der Waals surface area contributed by atoms with Crippen LogP contribution in [0.2, 0.25) is 0 Å². The third-order valence-corrected chi connectivity index (χ3v) is 5.27. The minimum Gasteiger partial charge on any atom is -0.493 e. The van der Waals surface area contributed by atoms with E-state index >= 15 is 0 Å². The van der Waals surface area contributed by atoms with Crippen molar-refractivity contribution in [1.29, 1.82) is 0 Å². The molecule has 0 fully saturated rings. The molecule has 0 aliphatic carbocycles. The highest BCUT2D eigenvalue weighted by atomic mass is 16.5. The number of carbonyl (C=O) groups excluding carboxylic acids is 1. The highest BCUT2D eigenvalue weighted by Crippen LogP contribution is 2.21. The highest BCUT2D eigenvalue weighted by Gasteiger charge is 2.14. The smallest absolute Gasteiger partial charge is 0.222 e. The van der Waals surface area contributed by atoms with Crippen molar-refractivity contribution in [1.82, 2.24) is 19.7 Å². The number of carbonyl (C=O) groups is 1. The number of hydrogen-bond acceptors (Lipinski definition) is 4. The van der Waals surface area contributed by atoms with Crippen molar-refractivity contribution >= 4 is 5.91 Å². The molecule has 1 aromatic heterocycles. The number of aromatic nitrogens is 3. The standard InChI is InChI=1S/C22H32N4O2/c27-22(13-8-16-26-19-23-18-24-26)25-14-7-3-1-2-4-10-20-11-5-6-12-21(20)28-17-9-15-25/h5-6,11-12,18-19H,1-4,7-10,13-17H2. The van der Waals surface area contributed by atoms with E-state index in [1.54, 1.807) is 11.0 Å². The SMILES string of the molecule is O=C(CCCn1cncn1)N1CCCCCCCc2ccccc2OCCC1. The molecule has 28 heavy (non-hydrogen) atoms. The number of rotatable bonds is 4. The average Bonchev–Trinajstić information content (AvgIpc) is 3.22. The van der Waals surface area contributed by atoms with Gasteiger partial charge in [0.2, 0.25) is 5.91 Å². The van der Waals surface area contributed by atoms with Gasteiger partial charge in [0.25, 0.3) is 0 Å². The molecule has 1 aromatic carbocycles. The number of benzene rings is 1. The van der Waals surface area contributed by atoms with Gasteiger partial charge in [0.1, 0.15) is 18.4 Å². The predicted molar refractivity (Wildman–Crippen MR) is 109 cm³/mol. The number of para-hydroxylation sites is 1. The fourth-order valence-electron chi connectivity index (χ4n) is 3.70. The van der Waals surface area contributed by atoms with Gasteiger partial charge in [0.05, 0.1) is 6.61 Å². The average molecular weight is 385 g/mol. The summed E-state index contributed by atoms with van der Waals surface area (Å²) in [7, 11) is 0. The summed E-state index contributed by atoms with van der Waals surface area (Å²) in [6, 6.07) is 8.36. The summed E-state index contributed by atoms with van der Waals surface area (Å²) in [6.07, 6.45) is 12.5. The van der Waals surface area contributed by atoms with Crippen LogP contribution in [0.25, 0.3) is 0 Å². The topological polar surface area (TPSA) is 60.2 Å². The van der Waals surface area contributed by atoms with Gasteiger partial charge >= 0.3 is 0 Å². The Morgan fingerprint density at radius 3 is 2.75 bits per heavy atom. The molecule has 0 radical (unpaired) electrons. The Hall–Kier alpha value is -2.37. The lowest BCUT2D eigenvalue weighted by Crippen LogP contribution is -2.33. The van der Waals surface area contributed by atoms with Crippen molar-refractivity contribution in [2.45, 2.75) is 64.3 Å². The van der Waals surface area contributed by atoms with E-state index in [0.29, 0.717) is 13.0 Å². The van der Waals surface area contributed by atoms with Gasteiger partial charge in [-0.3, -0.25) is 9.48 Å². The number of amides is 1. The Balaban J connectivity index is 1.50. The third-order valence-electron chi connectivity index (χ3n) is 5.27. The Kier molecular flexibility index (Phi) is 8.34. The van der Waals surface area contributed by atoms with E-state index in [-0.39, 0.29) is 5.91 Å². The summed E-state index contributed by atoms with van der Waals surface area (Å²) in [4.78, 5) is 18.7. The molecule has 0 N–H and O–H groups in total. The Morgan fingerprint density at radius 1 is 1.04 bits per heavy atom. The lowest BCUT2D eigenvalue weighted by atomic mass is 10.0. The number of ether oxygens (including phenoxy) is 1. The van der Waals surface area contributed by atoms with E-state index in [4.69, 9.17) is 4.74 Å². The molecule has 0 saturated heterocycles. The van der Waals surface area contributed by atoms with E-state index < -0.39 is 0 Å². The largest absolute Gasteiger partial charge is 0.493 e. The molecule has 0 saturated carbocycles. The molecular weight excluding hydrogens is 352 g/mol. The first-order valence-corrected chi connectivity index (χ1v) is 10.6. The molecule has 2 heterocycles. The summed E-state index contributed by atoms with van der Waals surface area (Å²) in [5.41, 5.74) is 1.31. The molecule has 1 aliphatic heterocycles. The number of hydrogen-bond donors (Lipinski definition) is 0. The summed E-state index contributed by atoms with van der Waals surface area (Å²) in [5, 5.41) is 4.09. The Bertz CT molecular complexity index is 702. The summed E-state index contributed by atoms with van der Waals surface area (Å²) in [5.74, 6) is 1.25. The van der Waals surface area contributed by atoms with Crippen molar-refractivity contribution in [2.75, 3.05) is 19.7 Å². The third kappa shape index (κ3) is 6.66. The first-order chi connectivity index (χ1) is 13.8. The van der Waals surface area contributed by atoms with E-state index in [1.165, 1.54) is 37.6 Å². The van der Waals surface area contributed by atoms with Gasteiger partial charge < -0.3 is 9.64 Å². The second-order valence-electron chi connectivity index (χ2n) is 7.47. The maximum absolute atomic E-state index is 12.7. The van der Waals surface area contributed by atoms with Gasteiger partial charge in [0, 0.05) is 26.1 Å². The number of nitrogens with zero attached hydrogens (tertiary/aromatic N) is 4. The molecule has 0 unspecified atom stereocenters. The number of fused-ring (bicyclic) bond motifs is 1. The summed E-state index contributed by atoms with van der Waals surface area (Å²) in [6.45, 7) is 3.02. The van der Waals surface area contributed by atoms with E-state index in [0.717, 1.165) is 51.1 Å². The van der Waals surface area contributed by atoms with Crippen LogP contribution in [0, 0.1) is 0 Å². The molecule has 3 rings (SSSR count). The fraction of sp³-hybridized carbons (Fsp3) is 0.591. The summed E-state index contributed by atoms with van der Waals surface area (Å²) < 4.78 is 7.81. The normalized spacial score (nSPS) is 16.6. The van der Waals surface area contributed by atoms with Gasteiger partial charge in [-0.1, -0.05) is 37.5 Å². The molecule has 0 atom stereocenters. The van der Waals surface area contributed by atoms with Crippen LogP contribution < -0.4 is 4.74 Å². The second-order valence-corrected chi connectivity index (χ2v) is 7.47. The molecule has 6 nitrogen and oxygen atoms in total. The summed E-state index contributed by atoms with van der Waals surface area (Å²) >= 11 is 0. The lowest BCUT2D eigenvalue weighted by Gasteiger charge is -2.23. The quantitative estimate of drug-likeness (QED) is 0.803. The van der Waals surface area contributed by atoms with Crippen molar-refractivity contribution in [3.05, 3.63) is 42.5 Å². The fourth-order valence-corrected chi connectivity index (χ4v) is 3.70. The maximum atomic E-state index is 12.7. The minimum atomic E-state index is 0.243. The van der Waals surface area contributed by atoms with Crippen LogP contribution in [0.4, 0.5) is 0 Å². The van der Waals surface area contributed by atoms with Gasteiger partial charge in [0.15, 0.2) is 0 Å². The van der Waals surface area contributed by atoms with Gasteiger partial charge in [-0.25, -0.2) is 4.98 Å². The molecule has 6 heteroatoms.